The number of thiophene rings is 1. The molecular formula is C24H27ClN2O2S. The van der Waals surface area contributed by atoms with Crippen molar-refractivity contribution in [2.24, 2.45) is 0 Å². The molecule has 30 heavy (non-hydrogen) atoms. The van der Waals surface area contributed by atoms with Crippen LogP contribution < -0.4 is 10.1 Å². The van der Waals surface area contributed by atoms with Gasteiger partial charge in [-0.05, 0) is 68.9 Å². The van der Waals surface area contributed by atoms with Crippen LogP contribution in [0.4, 0.5) is 0 Å². The first-order valence-electron chi connectivity index (χ1n) is 10.8. The average molecular weight is 443 g/mol. The molecule has 0 amide bonds. The van der Waals surface area contributed by atoms with E-state index in [0.29, 0.717) is 23.5 Å². The minimum Gasteiger partial charge on any atom is -0.489 e. The fourth-order valence-corrected chi connectivity index (χ4v) is 6.37. The lowest BCUT2D eigenvalue weighted by atomic mass is 10.00. The average Bonchev–Trinajstić information content (AvgIpc) is 3.32. The van der Waals surface area contributed by atoms with Crippen LogP contribution in [0.15, 0.2) is 30.5 Å². The maximum Gasteiger partial charge on any atom is 0.130 e. The van der Waals surface area contributed by atoms with Crippen LogP contribution in [0.25, 0.3) is 21.3 Å². The van der Waals surface area contributed by atoms with Gasteiger partial charge in [-0.3, -0.25) is 4.98 Å². The van der Waals surface area contributed by atoms with Gasteiger partial charge in [0.25, 0.3) is 0 Å². The summed E-state index contributed by atoms with van der Waals surface area (Å²) < 4.78 is 7.73. The molecule has 0 radical (unpaired) electrons. The molecule has 3 atom stereocenters. The normalized spacial score (nSPS) is 24.3. The Balaban J connectivity index is 1.58. The molecule has 2 saturated heterocycles. The number of aromatic nitrogens is 1. The molecule has 2 aliphatic rings. The Morgan fingerprint density at radius 2 is 2.00 bits per heavy atom. The third kappa shape index (κ3) is 3.73. The summed E-state index contributed by atoms with van der Waals surface area (Å²) in [6.07, 6.45) is 6.88. The standard InChI is InChI=1S/C24H27ClN2O2S/c1-3-21(28)22-12-20-24(30-22)18(6-7-26-20)19-9-14(25)8-13(2)23(19)29-17-10-15-4-5-16(11-17)27-15/h6-9,12,15-17,21,27-28H,3-5,10-11H2,1-2H3. The lowest BCUT2D eigenvalue weighted by Crippen LogP contribution is -2.42. The third-order valence-electron chi connectivity index (χ3n) is 6.39. The SMILES string of the molecule is CCC(O)c1cc2nccc(-c3cc(Cl)cc(C)c3OC3CC4CCC(C3)N4)c2s1. The molecule has 4 nitrogen and oxygen atoms in total. The summed E-state index contributed by atoms with van der Waals surface area (Å²) in [7, 11) is 0. The molecule has 2 N–H and O–H groups in total. The molecule has 4 heterocycles. The van der Waals surface area contributed by atoms with E-state index in [2.05, 4.69) is 17.2 Å². The number of aliphatic hydroxyl groups excluding tert-OH is 1. The van der Waals surface area contributed by atoms with Crippen LogP contribution in [-0.2, 0) is 0 Å². The molecule has 6 heteroatoms. The molecule has 3 unspecified atom stereocenters. The number of aryl methyl sites for hydroxylation is 1. The zero-order valence-corrected chi connectivity index (χ0v) is 18.9. The number of hydrogen-bond donors (Lipinski definition) is 2. The molecule has 2 bridgehead atoms. The summed E-state index contributed by atoms with van der Waals surface area (Å²) in [5, 5.41) is 14.7. The van der Waals surface area contributed by atoms with Gasteiger partial charge in [0.1, 0.15) is 11.9 Å². The van der Waals surface area contributed by atoms with Crippen molar-refractivity contribution in [1.29, 1.82) is 0 Å². The predicted molar refractivity (Wildman–Crippen MR) is 124 cm³/mol. The third-order valence-corrected chi connectivity index (χ3v) is 7.87. The quantitative estimate of drug-likeness (QED) is 0.506. The number of aliphatic hydroxyl groups is 1. The second kappa shape index (κ2) is 8.12. The zero-order chi connectivity index (χ0) is 20.8. The molecule has 2 fully saturated rings. The van der Waals surface area contributed by atoms with Crippen molar-refractivity contribution >= 4 is 33.2 Å². The number of benzene rings is 1. The van der Waals surface area contributed by atoms with E-state index in [-0.39, 0.29) is 6.10 Å². The van der Waals surface area contributed by atoms with Gasteiger partial charge in [-0.15, -0.1) is 11.3 Å². The fraction of sp³-hybridized carbons (Fsp3) is 0.458. The van der Waals surface area contributed by atoms with E-state index < -0.39 is 6.10 Å². The van der Waals surface area contributed by atoms with Crippen molar-refractivity contribution < 1.29 is 9.84 Å². The van der Waals surface area contributed by atoms with Crippen LogP contribution in [0.2, 0.25) is 5.02 Å². The summed E-state index contributed by atoms with van der Waals surface area (Å²) in [5.74, 6) is 0.921. The van der Waals surface area contributed by atoms with Crippen LogP contribution in [-0.4, -0.2) is 28.3 Å². The number of fused-ring (bicyclic) bond motifs is 3. The molecule has 3 aromatic rings. The Morgan fingerprint density at radius 1 is 1.23 bits per heavy atom. The summed E-state index contributed by atoms with van der Waals surface area (Å²) in [5.41, 5.74) is 4.04. The van der Waals surface area contributed by atoms with Gasteiger partial charge < -0.3 is 15.2 Å². The summed E-state index contributed by atoms with van der Waals surface area (Å²) in [6.45, 7) is 4.06. The fourth-order valence-electron chi connectivity index (χ4n) is 4.89. The van der Waals surface area contributed by atoms with Gasteiger partial charge in [-0.2, -0.15) is 0 Å². The first kappa shape index (κ1) is 20.3. The van der Waals surface area contributed by atoms with Crippen molar-refractivity contribution in [3.05, 3.63) is 45.9 Å². The highest BCUT2D eigenvalue weighted by molar-refractivity contribution is 7.19. The van der Waals surface area contributed by atoms with Crippen LogP contribution in [0, 0.1) is 6.92 Å². The highest BCUT2D eigenvalue weighted by atomic mass is 35.5. The van der Waals surface area contributed by atoms with Crippen molar-refractivity contribution in [2.75, 3.05) is 0 Å². The van der Waals surface area contributed by atoms with Gasteiger partial charge >= 0.3 is 0 Å². The van der Waals surface area contributed by atoms with Gasteiger partial charge in [-0.1, -0.05) is 18.5 Å². The zero-order valence-electron chi connectivity index (χ0n) is 17.3. The second-order valence-electron chi connectivity index (χ2n) is 8.59. The van der Waals surface area contributed by atoms with E-state index >= 15 is 0 Å². The van der Waals surface area contributed by atoms with Gasteiger partial charge in [0, 0.05) is 39.3 Å². The van der Waals surface area contributed by atoms with Gasteiger partial charge in [0.2, 0.25) is 0 Å². The maximum absolute atomic E-state index is 10.3. The van der Waals surface area contributed by atoms with Crippen LogP contribution in [0.3, 0.4) is 0 Å². The lowest BCUT2D eigenvalue weighted by Gasteiger charge is -2.31. The highest BCUT2D eigenvalue weighted by Crippen LogP contribution is 2.43. The van der Waals surface area contributed by atoms with E-state index in [4.69, 9.17) is 16.3 Å². The van der Waals surface area contributed by atoms with Crippen molar-refractivity contribution in [3.8, 4) is 16.9 Å². The first-order valence-corrected chi connectivity index (χ1v) is 12.0. The Labute approximate surface area is 186 Å². The number of nitrogens with zero attached hydrogens (tertiary/aromatic N) is 1. The van der Waals surface area contributed by atoms with Crippen LogP contribution in [0.5, 0.6) is 5.75 Å². The summed E-state index contributed by atoms with van der Waals surface area (Å²) in [6, 6.07) is 9.17. The summed E-state index contributed by atoms with van der Waals surface area (Å²) in [4.78, 5) is 5.49. The summed E-state index contributed by atoms with van der Waals surface area (Å²) >= 11 is 8.09. The van der Waals surface area contributed by atoms with E-state index in [1.165, 1.54) is 12.8 Å². The first-order chi connectivity index (χ1) is 14.5. The minimum atomic E-state index is -0.459. The maximum atomic E-state index is 10.3. The molecule has 0 saturated carbocycles. The molecule has 0 aliphatic carbocycles. The van der Waals surface area contributed by atoms with E-state index in [9.17, 15) is 5.11 Å². The number of ether oxygens (including phenoxy) is 1. The number of pyridine rings is 1. The largest absolute Gasteiger partial charge is 0.489 e. The smallest absolute Gasteiger partial charge is 0.130 e. The Bertz CT molecular complexity index is 1070. The number of rotatable bonds is 5. The molecule has 2 aliphatic heterocycles. The highest BCUT2D eigenvalue weighted by Gasteiger charge is 2.35. The molecule has 0 spiro atoms. The number of hydrogen-bond acceptors (Lipinski definition) is 5. The number of halogens is 1. The van der Waals surface area contributed by atoms with Gasteiger partial charge in [0.05, 0.1) is 16.3 Å². The Hall–Kier alpha value is -1.66. The van der Waals surface area contributed by atoms with Crippen LogP contribution in [0.1, 0.15) is 55.6 Å². The Morgan fingerprint density at radius 3 is 2.73 bits per heavy atom. The molecule has 5 rings (SSSR count). The van der Waals surface area contributed by atoms with Crippen molar-refractivity contribution in [2.45, 2.75) is 70.2 Å². The van der Waals surface area contributed by atoms with Crippen molar-refractivity contribution in [3.63, 3.8) is 0 Å². The molecular weight excluding hydrogens is 416 g/mol. The molecule has 2 aromatic heterocycles. The van der Waals surface area contributed by atoms with E-state index in [0.717, 1.165) is 50.4 Å². The number of piperidine rings is 1. The van der Waals surface area contributed by atoms with Gasteiger partial charge in [0.15, 0.2) is 0 Å². The van der Waals surface area contributed by atoms with Crippen LogP contribution >= 0.6 is 22.9 Å². The number of nitrogens with one attached hydrogen (secondary N) is 1. The monoisotopic (exact) mass is 442 g/mol. The minimum absolute atomic E-state index is 0.223. The van der Waals surface area contributed by atoms with E-state index in [1.54, 1.807) is 11.3 Å². The predicted octanol–water partition coefficient (Wildman–Crippen LogP) is 6.03. The molecule has 1 aromatic carbocycles. The topological polar surface area (TPSA) is 54.4 Å². The lowest BCUT2D eigenvalue weighted by molar-refractivity contribution is 0.137. The Kier molecular flexibility index (Phi) is 5.48. The molecule has 158 valence electrons. The van der Waals surface area contributed by atoms with Gasteiger partial charge in [-0.25, -0.2) is 0 Å². The second-order valence-corrected chi connectivity index (χ2v) is 10.1. The van der Waals surface area contributed by atoms with E-state index in [1.807, 2.05) is 37.4 Å². The van der Waals surface area contributed by atoms with Crippen molar-refractivity contribution in [1.82, 2.24) is 10.3 Å².